The molecule has 0 saturated carbocycles. The van der Waals surface area contributed by atoms with E-state index in [2.05, 4.69) is 31.0 Å². The Hall–Kier alpha value is -4.10. The SMILES string of the molecule is O=C1CCC(N2Cc3ccc(N4CCC(CN5CC[C@H](N6CCN(c7ccc([N+](=O)[O-])cc7)CC6)[C@H](F)C5)CC4)cc3C2=O)C(=O)N1. The second-order valence-electron chi connectivity index (χ2n) is 13.6. The van der Waals surface area contributed by atoms with Gasteiger partial charge < -0.3 is 19.6 Å². The molecule has 12 nitrogen and oxygen atoms in total. The number of rotatable bonds is 7. The largest absolute Gasteiger partial charge is 0.371 e. The summed E-state index contributed by atoms with van der Waals surface area (Å²) in [6.07, 6.45) is 2.54. The smallest absolute Gasteiger partial charge is 0.269 e. The third-order valence-corrected chi connectivity index (χ3v) is 10.8. The van der Waals surface area contributed by atoms with Crippen molar-refractivity contribution in [1.82, 2.24) is 20.0 Å². The normalized spacial score (nSPS) is 26.4. The summed E-state index contributed by atoms with van der Waals surface area (Å²) in [6.45, 7) is 7.51. The minimum absolute atomic E-state index is 0.0689. The number of likely N-dealkylation sites (tertiary alicyclic amines) is 1. The number of halogens is 1. The number of imide groups is 1. The lowest BCUT2D eigenvalue weighted by molar-refractivity contribution is -0.384. The summed E-state index contributed by atoms with van der Waals surface area (Å²) in [4.78, 5) is 58.5. The van der Waals surface area contributed by atoms with E-state index < -0.39 is 18.1 Å². The molecule has 0 aromatic heterocycles. The molecule has 4 fully saturated rings. The highest BCUT2D eigenvalue weighted by molar-refractivity contribution is 6.05. The number of alkyl halides is 1. The van der Waals surface area contributed by atoms with Crippen LogP contribution in [0.4, 0.5) is 21.5 Å². The fourth-order valence-electron chi connectivity index (χ4n) is 8.11. The van der Waals surface area contributed by atoms with Gasteiger partial charge in [-0.1, -0.05) is 6.07 Å². The topological polar surface area (TPSA) is 123 Å². The number of nitro benzene ring substituents is 1. The van der Waals surface area contributed by atoms with Crippen LogP contribution in [0.1, 0.15) is 48.0 Å². The van der Waals surface area contributed by atoms with Crippen LogP contribution in [0.5, 0.6) is 0 Å². The minimum Gasteiger partial charge on any atom is -0.371 e. The monoisotopic (exact) mass is 647 g/mol. The van der Waals surface area contributed by atoms with E-state index in [0.29, 0.717) is 31.0 Å². The Kier molecular flexibility index (Phi) is 8.84. The molecule has 2 aromatic rings. The maximum atomic E-state index is 15.5. The van der Waals surface area contributed by atoms with Crippen molar-refractivity contribution in [3.63, 3.8) is 0 Å². The van der Waals surface area contributed by atoms with Crippen molar-refractivity contribution in [2.24, 2.45) is 5.92 Å². The average molecular weight is 648 g/mol. The van der Waals surface area contributed by atoms with E-state index >= 15 is 4.39 Å². The first-order chi connectivity index (χ1) is 22.7. The number of benzene rings is 2. The molecular formula is C34H42FN7O5. The van der Waals surface area contributed by atoms with Gasteiger partial charge in [-0.2, -0.15) is 0 Å². The molecule has 0 bridgehead atoms. The number of carbonyl (C=O) groups excluding carboxylic acids is 3. The molecule has 0 aliphatic carbocycles. The van der Waals surface area contributed by atoms with Crippen LogP contribution in [-0.2, 0) is 16.1 Å². The second kappa shape index (κ2) is 13.2. The quantitative estimate of drug-likeness (QED) is 0.275. The predicted molar refractivity (Wildman–Crippen MR) is 174 cm³/mol. The van der Waals surface area contributed by atoms with E-state index in [-0.39, 0.29) is 34.9 Å². The molecule has 1 unspecified atom stereocenters. The highest BCUT2D eigenvalue weighted by Crippen LogP contribution is 2.33. The minimum atomic E-state index is -0.890. The maximum Gasteiger partial charge on any atom is 0.269 e. The number of amides is 3. The Balaban J connectivity index is 0.860. The van der Waals surface area contributed by atoms with Gasteiger partial charge in [0, 0.05) is 100 Å². The lowest BCUT2D eigenvalue weighted by Crippen LogP contribution is -2.58. The van der Waals surface area contributed by atoms with Gasteiger partial charge in [-0.05, 0) is 68.0 Å². The Morgan fingerprint density at radius 1 is 0.851 bits per heavy atom. The molecule has 5 aliphatic heterocycles. The number of nitrogens with one attached hydrogen (secondary N) is 1. The Morgan fingerprint density at radius 3 is 2.23 bits per heavy atom. The van der Waals surface area contributed by atoms with Crippen molar-refractivity contribution >= 4 is 34.8 Å². The Morgan fingerprint density at radius 2 is 1.55 bits per heavy atom. The van der Waals surface area contributed by atoms with Crippen LogP contribution < -0.4 is 15.1 Å². The number of piperidine rings is 3. The average Bonchev–Trinajstić information content (AvgIpc) is 3.40. The van der Waals surface area contributed by atoms with Crippen LogP contribution in [0.25, 0.3) is 0 Å². The molecular weight excluding hydrogens is 605 g/mol. The summed E-state index contributed by atoms with van der Waals surface area (Å²) in [6, 6.07) is 12.0. The predicted octanol–water partition coefficient (Wildman–Crippen LogP) is 2.81. The number of non-ortho nitro benzene ring substituents is 1. The van der Waals surface area contributed by atoms with Crippen LogP contribution in [0.3, 0.4) is 0 Å². The number of piperazine rings is 1. The van der Waals surface area contributed by atoms with E-state index in [1.807, 2.05) is 12.1 Å². The van der Waals surface area contributed by atoms with Crippen molar-refractivity contribution in [1.29, 1.82) is 0 Å². The van der Waals surface area contributed by atoms with E-state index in [9.17, 15) is 24.5 Å². The lowest BCUT2D eigenvalue weighted by Gasteiger charge is -2.45. The van der Waals surface area contributed by atoms with Crippen LogP contribution in [-0.4, -0.2) is 115 Å². The summed E-state index contributed by atoms with van der Waals surface area (Å²) < 4.78 is 15.5. The number of nitrogens with zero attached hydrogens (tertiary/aromatic N) is 6. The molecule has 7 rings (SSSR count). The van der Waals surface area contributed by atoms with Crippen molar-refractivity contribution < 1.29 is 23.7 Å². The first-order valence-corrected chi connectivity index (χ1v) is 16.9. The summed E-state index contributed by atoms with van der Waals surface area (Å²) in [7, 11) is 0. The molecule has 5 aliphatic rings. The van der Waals surface area contributed by atoms with Crippen LogP contribution in [0, 0.1) is 16.0 Å². The summed E-state index contributed by atoms with van der Waals surface area (Å²) in [5.74, 6) is -0.336. The first-order valence-electron chi connectivity index (χ1n) is 16.9. The molecule has 13 heteroatoms. The number of fused-ring (bicyclic) bond motifs is 1. The van der Waals surface area contributed by atoms with E-state index in [1.165, 1.54) is 12.1 Å². The van der Waals surface area contributed by atoms with Crippen molar-refractivity contribution in [3.8, 4) is 0 Å². The van der Waals surface area contributed by atoms with Gasteiger partial charge in [-0.25, -0.2) is 4.39 Å². The van der Waals surface area contributed by atoms with Crippen LogP contribution in [0.2, 0.25) is 0 Å². The van der Waals surface area contributed by atoms with Crippen LogP contribution >= 0.6 is 0 Å². The molecule has 1 N–H and O–H groups in total. The number of anilines is 2. The molecule has 4 saturated heterocycles. The zero-order valence-electron chi connectivity index (χ0n) is 26.6. The molecule has 5 heterocycles. The van der Waals surface area contributed by atoms with E-state index in [1.54, 1.807) is 17.0 Å². The third kappa shape index (κ3) is 6.55. The van der Waals surface area contributed by atoms with Gasteiger partial charge in [0.1, 0.15) is 12.2 Å². The maximum absolute atomic E-state index is 15.5. The fraction of sp³-hybridized carbons (Fsp3) is 0.559. The van der Waals surface area contributed by atoms with Gasteiger partial charge in [0.15, 0.2) is 0 Å². The first kappa shape index (κ1) is 31.5. The summed E-state index contributed by atoms with van der Waals surface area (Å²) >= 11 is 0. The third-order valence-electron chi connectivity index (χ3n) is 10.8. The van der Waals surface area contributed by atoms with E-state index in [0.717, 1.165) is 88.6 Å². The Labute approximate surface area is 273 Å². The highest BCUT2D eigenvalue weighted by Gasteiger charge is 2.40. The number of carbonyl (C=O) groups is 3. The second-order valence-corrected chi connectivity index (χ2v) is 13.6. The number of hydrogen-bond acceptors (Lipinski definition) is 9. The lowest BCUT2D eigenvalue weighted by atomic mass is 9.93. The van der Waals surface area contributed by atoms with Crippen LogP contribution in [0.15, 0.2) is 42.5 Å². The zero-order valence-corrected chi connectivity index (χ0v) is 26.6. The molecule has 3 amide bonds. The van der Waals surface area contributed by atoms with Gasteiger partial charge in [-0.15, -0.1) is 0 Å². The van der Waals surface area contributed by atoms with Gasteiger partial charge in [-0.3, -0.25) is 34.7 Å². The molecule has 0 spiro atoms. The molecule has 3 atom stereocenters. The zero-order chi connectivity index (χ0) is 32.7. The van der Waals surface area contributed by atoms with Gasteiger partial charge in [0.25, 0.3) is 11.6 Å². The molecule has 47 heavy (non-hydrogen) atoms. The standard InChI is InChI=1S/C34H42FN7O5/c35-29-22-37(12-11-30(29)40-17-15-39(16-18-40)25-3-5-26(6-4-25)42(46)47)20-23-9-13-38(14-10-23)27-2-1-24-21-41(34(45)28(24)19-27)31-7-8-32(43)36-33(31)44/h1-6,19,23,29-31H,7-18,20-22H2,(H,36,43,44)/t29-,30+,31?/m1/s1. The van der Waals surface area contributed by atoms with Gasteiger partial charge in [0.05, 0.1) is 4.92 Å². The molecule has 250 valence electrons. The highest BCUT2D eigenvalue weighted by atomic mass is 19.1. The fourth-order valence-corrected chi connectivity index (χ4v) is 8.11. The number of nitro groups is 1. The van der Waals surface area contributed by atoms with E-state index in [4.69, 9.17) is 0 Å². The summed E-state index contributed by atoms with van der Waals surface area (Å²) in [5.41, 5.74) is 3.61. The van der Waals surface area contributed by atoms with Gasteiger partial charge >= 0.3 is 0 Å². The molecule has 0 radical (unpaired) electrons. The summed E-state index contributed by atoms with van der Waals surface area (Å²) in [5, 5.41) is 13.3. The van der Waals surface area contributed by atoms with Crippen molar-refractivity contribution in [2.75, 3.05) is 68.7 Å². The van der Waals surface area contributed by atoms with Crippen molar-refractivity contribution in [2.45, 2.75) is 56.9 Å². The number of hydrogen-bond donors (Lipinski definition) is 1. The van der Waals surface area contributed by atoms with Crippen molar-refractivity contribution in [3.05, 3.63) is 63.7 Å². The Bertz CT molecular complexity index is 1520. The molecule has 2 aromatic carbocycles. The van der Waals surface area contributed by atoms with Gasteiger partial charge in [0.2, 0.25) is 11.8 Å².